The summed E-state index contributed by atoms with van der Waals surface area (Å²) in [6.45, 7) is 1.21. The second-order valence-corrected chi connectivity index (χ2v) is 10.4. The van der Waals surface area contributed by atoms with Crippen molar-refractivity contribution in [2.24, 2.45) is 0 Å². The molecular weight excluding hydrogens is 491 g/mol. The fraction of sp³-hybridized carbons (Fsp3) is 0.208. The molecule has 0 N–H and O–H groups in total. The van der Waals surface area contributed by atoms with Gasteiger partial charge in [0.25, 0.3) is 10.0 Å². The van der Waals surface area contributed by atoms with Crippen LogP contribution in [-0.2, 0) is 16.4 Å². The minimum Gasteiger partial charge on any atom is -0.457 e. The van der Waals surface area contributed by atoms with Gasteiger partial charge in [0.15, 0.2) is 0 Å². The van der Waals surface area contributed by atoms with E-state index in [1.54, 1.807) is 6.07 Å². The summed E-state index contributed by atoms with van der Waals surface area (Å²) in [6, 6.07) is 8.35. The molecule has 0 saturated carbocycles. The number of allylic oxidation sites excluding steroid dienone is 3. The fourth-order valence-corrected chi connectivity index (χ4v) is 5.56. The Kier molecular flexibility index (Phi) is 5.97. The predicted octanol–water partition coefficient (Wildman–Crippen LogP) is 6.30. The van der Waals surface area contributed by atoms with Gasteiger partial charge in [-0.15, -0.1) is 0 Å². The second-order valence-electron chi connectivity index (χ2n) is 8.12. The maximum Gasteiger partial charge on any atom is 0.393 e. The zero-order valence-electron chi connectivity index (χ0n) is 18.1. The van der Waals surface area contributed by atoms with Gasteiger partial charge in [0.05, 0.1) is 17.5 Å². The number of alkyl halides is 3. The molecule has 5 nitrogen and oxygen atoms in total. The summed E-state index contributed by atoms with van der Waals surface area (Å²) in [5, 5.41) is 8.93. The number of hydrogen-bond acceptors (Lipinski definition) is 4. The topological polar surface area (TPSA) is 72.1 Å². The van der Waals surface area contributed by atoms with Gasteiger partial charge in [-0.25, -0.2) is 21.2 Å². The number of halogens is 5. The zero-order chi connectivity index (χ0) is 25.6. The number of nitrogens with zero attached hydrogens (tertiary/aromatic N) is 2. The fourth-order valence-electron chi connectivity index (χ4n) is 3.87. The third-order valence-electron chi connectivity index (χ3n) is 5.79. The Morgan fingerprint density at radius 2 is 1.91 bits per heavy atom. The lowest BCUT2D eigenvalue weighted by atomic mass is 10.0. The SMILES string of the molecule is CC1(S(=O)(=O)n2ccc3c(CC(F)(F)F)c(Oc4ccc(F)c(C#N)c4)ccc32)CC=CC=C1F. The summed E-state index contributed by atoms with van der Waals surface area (Å²) < 4.78 is 99.8. The molecule has 11 heteroatoms. The van der Waals surface area contributed by atoms with Crippen molar-refractivity contribution in [3.63, 3.8) is 0 Å². The zero-order valence-corrected chi connectivity index (χ0v) is 18.9. The Morgan fingerprint density at radius 3 is 2.57 bits per heavy atom. The van der Waals surface area contributed by atoms with E-state index >= 15 is 0 Å². The number of fused-ring (bicyclic) bond motifs is 1. The van der Waals surface area contributed by atoms with E-state index in [0.717, 1.165) is 40.5 Å². The number of hydrogen-bond donors (Lipinski definition) is 0. The molecule has 1 aromatic heterocycles. The van der Waals surface area contributed by atoms with Gasteiger partial charge in [-0.1, -0.05) is 12.2 Å². The van der Waals surface area contributed by atoms with Crippen LogP contribution in [0.4, 0.5) is 22.0 Å². The maximum atomic E-state index is 14.6. The van der Waals surface area contributed by atoms with E-state index in [1.165, 1.54) is 31.2 Å². The average molecular weight is 508 g/mol. The van der Waals surface area contributed by atoms with Crippen LogP contribution in [0.1, 0.15) is 24.5 Å². The van der Waals surface area contributed by atoms with Gasteiger partial charge in [-0.2, -0.15) is 18.4 Å². The first-order chi connectivity index (χ1) is 16.4. The van der Waals surface area contributed by atoms with Gasteiger partial charge < -0.3 is 4.74 Å². The highest BCUT2D eigenvalue weighted by atomic mass is 32.2. The molecule has 0 amide bonds. The number of ether oxygens (including phenoxy) is 1. The summed E-state index contributed by atoms with van der Waals surface area (Å²) in [7, 11) is -4.42. The molecule has 1 unspecified atom stereocenters. The van der Waals surface area contributed by atoms with Crippen molar-refractivity contribution in [1.29, 1.82) is 5.26 Å². The molecule has 0 aliphatic heterocycles. The van der Waals surface area contributed by atoms with E-state index in [1.807, 2.05) is 0 Å². The molecule has 0 bridgehead atoms. The summed E-state index contributed by atoms with van der Waals surface area (Å²) in [5.74, 6) is -2.03. The van der Waals surface area contributed by atoms with Crippen LogP contribution in [0.2, 0.25) is 0 Å². The molecule has 1 aliphatic carbocycles. The molecule has 1 aliphatic rings. The largest absolute Gasteiger partial charge is 0.457 e. The van der Waals surface area contributed by atoms with Crippen LogP contribution in [0.25, 0.3) is 10.9 Å². The number of aromatic nitrogens is 1. The van der Waals surface area contributed by atoms with Crippen molar-refractivity contribution in [3.8, 4) is 17.6 Å². The average Bonchev–Trinajstić information content (AvgIpc) is 3.23. The van der Waals surface area contributed by atoms with Gasteiger partial charge >= 0.3 is 6.18 Å². The first kappa shape index (κ1) is 24.5. The Balaban J connectivity index is 1.86. The first-order valence-electron chi connectivity index (χ1n) is 10.2. The number of benzene rings is 2. The number of nitriles is 1. The van der Waals surface area contributed by atoms with Crippen LogP contribution >= 0.6 is 0 Å². The molecular formula is C24H17F5N2O3S. The van der Waals surface area contributed by atoms with E-state index in [-0.39, 0.29) is 39.9 Å². The third kappa shape index (κ3) is 4.30. The predicted molar refractivity (Wildman–Crippen MR) is 119 cm³/mol. The normalized spacial score (nSPS) is 18.4. The highest BCUT2D eigenvalue weighted by Crippen LogP contribution is 2.40. The smallest absolute Gasteiger partial charge is 0.393 e. The molecule has 0 spiro atoms. The second kappa shape index (κ2) is 8.53. The highest BCUT2D eigenvalue weighted by molar-refractivity contribution is 7.91. The standard InChI is InChI=1S/C24H17F5N2O3S/c1-23(10-3-2-4-22(23)26)35(32,33)31-11-9-17-18(13-24(27,28)29)21(8-7-20(17)31)34-16-5-6-19(25)15(12-16)14-30/h2-9,11-12H,10,13H2,1H3. The third-order valence-corrected chi connectivity index (χ3v) is 8.12. The summed E-state index contributed by atoms with van der Waals surface area (Å²) in [6.07, 6.45) is -1.30. The molecule has 182 valence electrons. The van der Waals surface area contributed by atoms with Crippen LogP contribution in [0, 0.1) is 17.1 Å². The van der Waals surface area contributed by atoms with Crippen LogP contribution < -0.4 is 4.74 Å². The Labute approximate surface area is 197 Å². The molecule has 1 atom stereocenters. The summed E-state index contributed by atoms with van der Waals surface area (Å²) in [5.41, 5.74) is -0.809. The minimum absolute atomic E-state index is 0.0645. The van der Waals surface area contributed by atoms with Crippen LogP contribution in [0.15, 0.2) is 66.6 Å². The minimum atomic E-state index is -4.68. The number of rotatable bonds is 5. The van der Waals surface area contributed by atoms with Gasteiger partial charge in [0.2, 0.25) is 0 Å². The van der Waals surface area contributed by atoms with Crippen molar-refractivity contribution in [2.45, 2.75) is 30.7 Å². The Morgan fingerprint density at radius 1 is 1.17 bits per heavy atom. The van der Waals surface area contributed by atoms with E-state index in [4.69, 9.17) is 10.00 Å². The van der Waals surface area contributed by atoms with E-state index < -0.39 is 39.0 Å². The molecule has 4 rings (SSSR count). The van der Waals surface area contributed by atoms with Crippen molar-refractivity contribution in [1.82, 2.24) is 3.97 Å². The first-order valence-corrected chi connectivity index (χ1v) is 11.7. The van der Waals surface area contributed by atoms with E-state index in [9.17, 15) is 30.4 Å². The molecule has 3 aromatic rings. The van der Waals surface area contributed by atoms with E-state index in [2.05, 4.69) is 0 Å². The Hall–Kier alpha value is -3.65. The van der Waals surface area contributed by atoms with Gasteiger partial charge in [-0.05, 0) is 49.8 Å². The summed E-state index contributed by atoms with van der Waals surface area (Å²) >= 11 is 0. The Bertz CT molecular complexity index is 1530. The molecule has 0 saturated heterocycles. The van der Waals surface area contributed by atoms with Crippen LogP contribution in [0.5, 0.6) is 11.5 Å². The van der Waals surface area contributed by atoms with Crippen molar-refractivity contribution >= 4 is 20.9 Å². The molecule has 1 heterocycles. The van der Waals surface area contributed by atoms with Crippen molar-refractivity contribution < 1.29 is 35.1 Å². The quantitative estimate of drug-likeness (QED) is 0.379. The van der Waals surface area contributed by atoms with Crippen LogP contribution in [0.3, 0.4) is 0 Å². The lowest BCUT2D eigenvalue weighted by molar-refractivity contribution is -0.127. The highest BCUT2D eigenvalue weighted by Gasteiger charge is 2.45. The van der Waals surface area contributed by atoms with Gasteiger partial charge in [-0.3, -0.25) is 0 Å². The lowest BCUT2D eigenvalue weighted by Gasteiger charge is -2.29. The van der Waals surface area contributed by atoms with Gasteiger partial charge in [0, 0.05) is 23.2 Å². The lowest BCUT2D eigenvalue weighted by Crippen LogP contribution is -2.40. The molecule has 35 heavy (non-hydrogen) atoms. The molecule has 0 fully saturated rings. The van der Waals surface area contributed by atoms with Crippen molar-refractivity contribution in [3.05, 3.63) is 83.6 Å². The summed E-state index contributed by atoms with van der Waals surface area (Å²) in [4.78, 5) is 0. The molecule has 2 aromatic carbocycles. The van der Waals surface area contributed by atoms with Crippen LogP contribution in [-0.4, -0.2) is 23.3 Å². The van der Waals surface area contributed by atoms with E-state index in [0.29, 0.717) is 0 Å². The molecule has 0 radical (unpaired) electrons. The monoisotopic (exact) mass is 508 g/mol. The van der Waals surface area contributed by atoms with Gasteiger partial charge in [0.1, 0.15) is 34.0 Å². The maximum absolute atomic E-state index is 14.6. The van der Waals surface area contributed by atoms with Crippen molar-refractivity contribution in [2.75, 3.05) is 0 Å².